The number of aryl methyl sites for hydroxylation is 1. The van der Waals surface area contributed by atoms with Crippen LogP contribution in [0.3, 0.4) is 0 Å². The Morgan fingerprint density at radius 2 is 1.38 bits per heavy atom. The number of benzene rings is 4. The molecule has 2 atom stereocenters. The zero-order valence-electron chi connectivity index (χ0n) is 25.9. The monoisotopic (exact) mass is 645 g/mol. The van der Waals surface area contributed by atoms with Crippen LogP contribution in [0, 0.1) is 0 Å². The van der Waals surface area contributed by atoms with Crippen LogP contribution in [-0.2, 0) is 39.0 Å². The Bertz CT molecular complexity index is 1680. The van der Waals surface area contributed by atoms with Crippen molar-refractivity contribution in [2.24, 2.45) is 0 Å². The molecule has 4 rings (SSSR count). The third-order valence-electron chi connectivity index (χ3n) is 7.82. The summed E-state index contributed by atoms with van der Waals surface area (Å²) in [7, 11) is -4.16. The van der Waals surface area contributed by atoms with Crippen molar-refractivity contribution in [1.29, 1.82) is 0 Å². The lowest BCUT2D eigenvalue weighted by Crippen LogP contribution is -2.54. The Kier molecular flexibility index (Phi) is 11.8. The molecule has 0 bridgehead atoms. The summed E-state index contributed by atoms with van der Waals surface area (Å²) in [5.41, 5.74) is 2.70. The summed E-state index contributed by atoms with van der Waals surface area (Å²) in [6.07, 6.45) is 1.50. The van der Waals surface area contributed by atoms with Crippen molar-refractivity contribution in [2.45, 2.75) is 63.6 Å². The smallest absolute Gasteiger partial charge is 0.264 e. The van der Waals surface area contributed by atoms with Crippen molar-refractivity contribution in [3.8, 4) is 0 Å². The van der Waals surface area contributed by atoms with Crippen LogP contribution in [0.1, 0.15) is 43.9 Å². The number of carbonyl (C=O) groups is 2. The zero-order chi connectivity index (χ0) is 32.4. The van der Waals surface area contributed by atoms with Crippen molar-refractivity contribution >= 4 is 39.1 Å². The van der Waals surface area contributed by atoms with Crippen LogP contribution in [0.5, 0.6) is 0 Å². The zero-order valence-corrected chi connectivity index (χ0v) is 27.5. The van der Waals surface area contributed by atoms with E-state index >= 15 is 0 Å². The van der Waals surface area contributed by atoms with Crippen molar-refractivity contribution in [1.82, 2.24) is 10.2 Å². The number of para-hydroxylation sites is 1. The SMILES string of the molecule is CCc1ccccc1N(CC(=O)N(Cc1ccccc1Cl)[C@@H](Cc1ccccc1)C(=O)N[C@H](C)CC)S(=O)(=O)c1ccccc1. The highest BCUT2D eigenvalue weighted by Gasteiger charge is 2.35. The molecule has 4 aromatic carbocycles. The molecule has 1 N–H and O–H groups in total. The van der Waals surface area contributed by atoms with E-state index in [0.717, 1.165) is 15.4 Å². The summed E-state index contributed by atoms with van der Waals surface area (Å²) in [4.78, 5) is 30.1. The van der Waals surface area contributed by atoms with E-state index in [9.17, 15) is 18.0 Å². The van der Waals surface area contributed by atoms with E-state index in [2.05, 4.69) is 5.32 Å². The lowest BCUT2D eigenvalue weighted by atomic mass is 10.0. The molecule has 45 heavy (non-hydrogen) atoms. The van der Waals surface area contributed by atoms with Crippen LogP contribution in [0.25, 0.3) is 0 Å². The van der Waals surface area contributed by atoms with Crippen molar-refractivity contribution in [3.63, 3.8) is 0 Å². The van der Waals surface area contributed by atoms with Gasteiger partial charge in [-0.1, -0.05) is 110 Å². The van der Waals surface area contributed by atoms with E-state index in [-0.39, 0.29) is 29.8 Å². The first-order valence-electron chi connectivity index (χ1n) is 15.2. The Labute approximate surface area is 271 Å². The van der Waals surface area contributed by atoms with E-state index in [1.807, 2.05) is 69.3 Å². The molecule has 0 unspecified atom stereocenters. The van der Waals surface area contributed by atoms with Crippen molar-refractivity contribution in [2.75, 3.05) is 10.8 Å². The molecule has 0 aliphatic rings. The van der Waals surface area contributed by atoms with E-state index in [1.54, 1.807) is 48.5 Å². The van der Waals surface area contributed by atoms with Gasteiger partial charge in [0.2, 0.25) is 11.8 Å². The van der Waals surface area contributed by atoms with Gasteiger partial charge < -0.3 is 10.2 Å². The summed E-state index contributed by atoms with van der Waals surface area (Å²) in [5, 5.41) is 3.49. The van der Waals surface area contributed by atoms with Gasteiger partial charge in [-0.25, -0.2) is 8.42 Å². The molecule has 0 fully saturated rings. The minimum atomic E-state index is -4.16. The quantitative estimate of drug-likeness (QED) is 0.166. The molecule has 0 saturated carbocycles. The first kappa shape index (κ1) is 33.7. The first-order chi connectivity index (χ1) is 21.6. The molecule has 0 aliphatic heterocycles. The van der Waals surface area contributed by atoms with Crippen LogP contribution < -0.4 is 9.62 Å². The molecule has 0 aromatic heterocycles. The molecule has 0 saturated heterocycles. The molecule has 0 aliphatic carbocycles. The number of anilines is 1. The van der Waals surface area contributed by atoms with Gasteiger partial charge in [-0.05, 0) is 60.7 Å². The molecule has 7 nitrogen and oxygen atoms in total. The van der Waals surface area contributed by atoms with Crippen LogP contribution >= 0.6 is 11.6 Å². The molecule has 0 spiro atoms. The summed E-state index contributed by atoms with van der Waals surface area (Å²) in [6.45, 7) is 5.32. The molecule has 0 heterocycles. The van der Waals surface area contributed by atoms with Crippen LogP contribution in [0.4, 0.5) is 5.69 Å². The standard InChI is InChI=1S/C36H40ClN3O4S/c1-4-27(3)38-36(42)34(24-28-16-8-6-9-17-28)39(25-30-19-12-14-22-32(30)37)35(41)26-40(33-23-15-13-18-29(33)5-2)45(43,44)31-20-10-7-11-21-31/h6-23,27,34H,4-5,24-26H2,1-3H3,(H,38,42)/t27-,34+/m1/s1. The second kappa shape index (κ2) is 15.7. The number of rotatable bonds is 14. The van der Waals surface area contributed by atoms with Gasteiger partial charge in [0.1, 0.15) is 12.6 Å². The van der Waals surface area contributed by atoms with E-state index in [4.69, 9.17) is 11.6 Å². The topological polar surface area (TPSA) is 86.8 Å². The minimum Gasteiger partial charge on any atom is -0.352 e. The summed E-state index contributed by atoms with van der Waals surface area (Å²) >= 11 is 6.57. The van der Waals surface area contributed by atoms with E-state index in [0.29, 0.717) is 29.1 Å². The maximum absolute atomic E-state index is 14.6. The Morgan fingerprint density at radius 3 is 2.00 bits per heavy atom. The van der Waals surface area contributed by atoms with Gasteiger partial charge in [0.05, 0.1) is 10.6 Å². The predicted octanol–water partition coefficient (Wildman–Crippen LogP) is 6.65. The fourth-order valence-corrected chi connectivity index (χ4v) is 6.76. The van der Waals surface area contributed by atoms with Gasteiger partial charge in [0, 0.05) is 24.0 Å². The Morgan fingerprint density at radius 1 is 0.800 bits per heavy atom. The average molecular weight is 646 g/mol. The lowest BCUT2D eigenvalue weighted by Gasteiger charge is -2.35. The van der Waals surface area contributed by atoms with Crippen molar-refractivity contribution < 1.29 is 18.0 Å². The number of nitrogens with one attached hydrogen (secondary N) is 1. The van der Waals surface area contributed by atoms with E-state index in [1.165, 1.54) is 17.0 Å². The van der Waals surface area contributed by atoms with Gasteiger partial charge in [0.15, 0.2) is 0 Å². The van der Waals surface area contributed by atoms with Crippen LogP contribution in [0.15, 0.2) is 114 Å². The largest absolute Gasteiger partial charge is 0.352 e. The summed E-state index contributed by atoms with van der Waals surface area (Å²) < 4.78 is 29.6. The fraction of sp³-hybridized carbons (Fsp3) is 0.278. The van der Waals surface area contributed by atoms with Gasteiger partial charge in [0.25, 0.3) is 10.0 Å². The fourth-order valence-electron chi connectivity index (χ4n) is 5.09. The number of halogens is 1. The van der Waals surface area contributed by atoms with Gasteiger partial charge in [-0.2, -0.15) is 0 Å². The van der Waals surface area contributed by atoms with E-state index < -0.39 is 28.5 Å². The minimum absolute atomic E-state index is 0.0125. The molecule has 2 amide bonds. The number of nitrogens with zero attached hydrogens (tertiary/aromatic N) is 2. The maximum Gasteiger partial charge on any atom is 0.264 e. The van der Waals surface area contributed by atoms with Gasteiger partial charge in [-0.3, -0.25) is 13.9 Å². The number of sulfonamides is 1. The van der Waals surface area contributed by atoms with Gasteiger partial charge >= 0.3 is 0 Å². The summed E-state index contributed by atoms with van der Waals surface area (Å²) in [5.74, 6) is -0.847. The lowest BCUT2D eigenvalue weighted by molar-refractivity contribution is -0.140. The third-order valence-corrected chi connectivity index (χ3v) is 9.96. The molecular weight excluding hydrogens is 606 g/mol. The average Bonchev–Trinajstić information content (AvgIpc) is 3.06. The molecule has 0 radical (unpaired) electrons. The first-order valence-corrected chi connectivity index (χ1v) is 17.0. The number of carbonyl (C=O) groups excluding carboxylic acids is 2. The van der Waals surface area contributed by atoms with Gasteiger partial charge in [-0.15, -0.1) is 0 Å². The molecule has 4 aromatic rings. The highest BCUT2D eigenvalue weighted by molar-refractivity contribution is 7.92. The highest BCUT2D eigenvalue weighted by Crippen LogP contribution is 2.29. The third kappa shape index (κ3) is 8.53. The second-order valence-electron chi connectivity index (χ2n) is 10.9. The molecule has 9 heteroatoms. The molecular formula is C36H40ClN3O4S. The van der Waals surface area contributed by atoms with Crippen LogP contribution in [0.2, 0.25) is 5.02 Å². The predicted molar refractivity (Wildman–Crippen MR) is 181 cm³/mol. The molecule has 236 valence electrons. The summed E-state index contributed by atoms with van der Waals surface area (Å²) in [6, 6.07) is 30.8. The Hall–Kier alpha value is -4.14. The van der Waals surface area contributed by atoms with Crippen molar-refractivity contribution in [3.05, 3.63) is 131 Å². The van der Waals surface area contributed by atoms with Crippen LogP contribution in [-0.4, -0.2) is 43.8 Å². The maximum atomic E-state index is 14.6. The Balaban J connectivity index is 1.84. The normalized spacial score (nSPS) is 12.6. The number of hydrogen-bond acceptors (Lipinski definition) is 4. The second-order valence-corrected chi connectivity index (χ2v) is 13.2. The highest BCUT2D eigenvalue weighted by atomic mass is 35.5. The number of amides is 2. The number of hydrogen-bond donors (Lipinski definition) is 1.